The van der Waals surface area contributed by atoms with E-state index in [-0.39, 0.29) is 11.9 Å². The predicted molar refractivity (Wildman–Crippen MR) is 145 cm³/mol. The third-order valence-electron chi connectivity index (χ3n) is 6.56. The number of benzene rings is 3. The molecular formula is C30H30N4O3. The van der Waals surface area contributed by atoms with Crippen molar-refractivity contribution >= 4 is 34.2 Å². The number of carbonyl (C=O) groups is 2. The minimum Gasteiger partial charge on any atom is -0.462 e. The Balaban J connectivity index is 1.36. The number of likely N-dealkylation sites (tertiary alicyclic amines) is 1. The number of hydrogen-bond acceptors (Lipinski definition) is 6. The van der Waals surface area contributed by atoms with Crippen LogP contribution < -0.4 is 5.32 Å². The maximum Gasteiger partial charge on any atom is 0.338 e. The quantitative estimate of drug-likeness (QED) is 0.307. The normalized spacial score (nSPS) is 13.4. The summed E-state index contributed by atoms with van der Waals surface area (Å²) in [5.41, 5.74) is 3.63. The summed E-state index contributed by atoms with van der Waals surface area (Å²) in [5.74, 6) is 0.396. The van der Waals surface area contributed by atoms with Gasteiger partial charge in [0.15, 0.2) is 5.82 Å². The average Bonchev–Trinajstić information content (AvgIpc) is 2.96. The third-order valence-corrected chi connectivity index (χ3v) is 6.56. The highest BCUT2D eigenvalue weighted by Gasteiger charge is 2.18. The van der Waals surface area contributed by atoms with E-state index < -0.39 is 0 Å². The molecule has 1 aliphatic rings. The molecule has 0 aliphatic carbocycles. The second-order valence-electron chi connectivity index (χ2n) is 9.21. The van der Waals surface area contributed by atoms with Gasteiger partial charge in [-0.15, -0.1) is 10.2 Å². The van der Waals surface area contributed by atoms with Crippen LogP contribution in [0.3, 0.4) is 0 Å². The van der Waals surface area contributed by atoms with Crippen LogP contribution in [-0.2, 0) is 4.74 Å². The smallest absolute Gasteiger partial charge is 0.338 e. The molecule has 1 N–H and O–H groups in total. The van der Waals surface area contributed by atoms with Crippen molar-refractivity contribution in [1.82, 2.24) is 15.1 Å². The number of anilines is 2. The monoisotopic (exact) mass is 494 g/mol. The van der Waals surface area contributed by atoms with Crippen LogP contribution in [0.25, 0.3) is 22.0 Å². The Morgan fingerprint density at radius 2 is 1.51 bits per heavy atom. The van der Waals surface area contributed by atoms with Crippen molar-refractivity contribution in [2.45, 2.75) is 32.6 Å². The Bertz CT molecular complexity index is 1400. The van der Waals surface area contributed by atoms with Gasteiger partial charge >= 0.3 is 5.97 Å². The molecule has 0 radical (unpaired) electrons. The van der Waals surface area contributed by atoms with Crippen LogP contribution in [0.2, 0.25) is 0 Å². The van der Waals surface area contributed by atoms with Gasteiger partial charge in [-0.1, -0.05) is 43.3 Å². The second-order valence-corrected chi connectivity index (χ2v) is 9.21. The van der Waals surface area contributed by atoms with Crippen molar-refractivity contribution in [3.05, 3.63) is 83.9 Å². The number of fused-ring (bicyclic) bond motifs is 1. The van der Waals surface area contributed by atoms with E-state index >= 15 is 0 Å². The minimum atomic E-state index is -0.326. The number of amides is 1. The molecule has 37 heavy (non-hydrogen) atoms. The van der Waals surface area contributed by atoms with E-state index in [1.54, 1.807) is 12.1 Å². The first-order valence-corrected chi connectivity index (χ1v) is 12.8. The third kappa shape index (κ3) is 5.45. The van der Waals surface area contributed by atoms with E-state index in [4.69, 9.17) is 4.74 Å². The van der Waals surface area contributed by atoms with Gasteiger partial charge in [0, 0.05) is 40.7 Å². The van der Waals surface area contributed by atoms with Gasteiger partial charge in [0.1, 0.15) is 5.69 Å². The van der Waals surface area contributed by atoms with E-state index in [0.29, 0.717) is 23.6 Å². The number of nitrogens with zero attached hydrogens (tertiary/aromatic N) is 3. The van der Waals surface area contributed by atoms with Gasteiger partial charge in [0.05, 0.1) is 12.2 Å². The molecule has 4 aromatic rings. The summed E-state index contributed by atoms with van der Waals surface area (Å²) in [7, 11) is 0. The first kappa shape index (κ1) is 24.4. The molecule has 2 heterocycles. The molecule has 1 aromatic heterocycles. The van der Waals surface area contributed by atoms with E-state index in [2.05, 4.69) is 15.5 Å². The van der Waals surface area contributed by atoms with E-state index in [1.165, 1.54) is 6.42 Å². The number of nitrogens with one attached hydrogen (secondary N) is 1. The maximum atomic E-state index is 12.8. The van der Waals surface area contributed by atoms with Crippen LogP contribution in [0.15, 0.2) is 72.8 Å². The zero-order valence-electron chi connectivity index (χ0n) is 20.9. The summed E-state index contributed by atoms with van der Waals surface area (Å²) in [6, 6.07) is 22.7. The molecule has 1 saturated heterocycles. The predicted octanol–water partition coefficient (Wildman–Crippen LogP) is 6.23. The first-order chi connectivity index (χ1) is 18.1. The fraction of sp³-hybridized carbons (Fsp3) is 0.267. The zero-order valence-corrected chi connectivity index (χ0v) is 20.9. The molecule has 1 fully saturated rings. The highest BCUT2D eigenvalue weighted by Crippen LogP contribution is 2.31. The molecule has 0 saturated carbocycles. The van der Waals surface area contributed by atoms with Crippen molar-refractivity contribution in [2.24, 2.45) is 0 Å². The lowest BCUT2D eigenvalue weighted by molar-refractivity contribution is 0.0505. The summed E-state index contributed by atoms with van der Waals surface area (Å²) >= 11 is 0. The largest absolute Gasteiger partial charge is 0.462 e. The van der Waals surface area contributed by atoms with Gasteiger partial charge in [-0.2, -0.15) is 0 Å². The van der Waals surface area contributed by atoms with Gasteiger partial charge in [-0.05, 0) is 62.1 Å². The summed E-state index contributed by atoms with van der Waals surface area (Å²) in [5, 5.41) is 14.2. The van der Waals surface area contributed by atoms with Crippen molar-refractivity contribution in [3.63, 3.8) is 0 Å². The fourth-order valence-electron chi connectivity index (χ4n) is 4.56. The number of hydrogen-bond donors (Lipinski definition) is 1. The molecule has 0 spiro atoms. The highest BCUT2D eigenvalue weighted by atomic mass is 16.5. The van der Waals surface area contributed by atoms with Crippen LogP contribution in [0.5, 0.6) is 0 Å². The van der Waals surface area contributed by atoms with Crippen LogP contribution in [0.1, 0.15) is 53.3 Å². The lowest BCUT2D eigenvalue weighted by Gasteiger charge is -2.26. The molecule has 1 aliphatic heterocycles. The maximum absolute atomic E-state index is 12.8. The molecule has 0 atom stereocenters. The van der Waals surface area contributed by atoms with Gasteiger partial charge < -0.3 is 15.0 Å². The molecule has 3 aromatic carbocycles. The molecule has 7 heteroatoms. The number of aromatic nitrogens is 2. The van der Waals surface area contributed by atoms with E-state index in [0.717, 1.165) is 60.1 Å². The van der Waals surface area contributed by atoms with Crippen molar-refractivity contribution in [2.75, 3.05) is 25.0 Å². The molecule has 0 bridgehead atoms. The van der Waals surface area contributed by atoms with Gasteiger partial charge in [-0.25, -0.2) is 4.79 Å². The van der Waals surface area contributed by atoms with Crippen LogP contribution in [-0.4, -0.2) is 46.7 Å². The van der Waals surface area contributed by atoms with E-state index in [1.807, 2.05) is 72.5 Å². The molecule has 5 rings (SSSR count). The van der Waals surface area contributed by atoms with Crippen LogP contribution >= 0.6 is 0 Å². The van der Waals surface area contributed by atoms with Crippen LogP contribution in [0, 0.1) is 0 Å². The Hall–Kier alpha value is -4.26. The number of rotatable bonds is 7. The topological polar surface area (TPSA) is 84.4 Å². The minimum absolute atomic E-state index is 0.0884. The van der Waals surface area contributed by atoms with Gasteiger partial charge in [-0.3, -0.25) is 4.79 Å². The van der Waals surface area contributed by atoms with Gasteiger partial charge in [0.25, 0.3) is 5.91 Å². The highest BCUT2D eigenvalue weighted by molar-refractivity contribution is 6.01. The van der Waals surface area contributed by atoms with Crippen molar-refractivity contribution in [1.29, 1.82) is 0 Å². The molecule has 7 nitrogen and oxygen atoms in total. The Kier molecular flexibility index (Phi) is 7.40. The number of ether oxygens (including phenoxy) is 1. The Labute approximate surface area is 216 Å². The Morgan fingerprint density at radius 1 is 0.838 bits per heavy atom. The molecule has 0 unspecified atom stereocenters. The summed E-state index contributed by atoms with van der Waals surface area (Å²) < 4.78 is 5.22. The molecular weight excluding hydrogens is 464 g/mol. The van der Waals surface area contributed by atoms with E-state index in [9.17, 15) is 9.59 Å². The lowest BCUT2D eigenvalue weighted by Crippen LogP contribution is -2.35. The summed E-state index contributed by atoms with van der Waals surface area (Å²) in [4.78, 5) is 26.9. The summed E-state index contributed by atoms with van der Waals surface area (Å²) in [6.07, 6.45) is 4.12. The fourth-order valence-corrected chi connectivity index (χ4v) is 4.56. The van der Waals surface area contributed by atoms with Crippen molar-refractivity contribution in [3.8, 4) is 11.3 Å². The first-order valence-electron chi connectivity index (χ1n) is 12.8. The van der Waals surface area contributed by atoms with Gasteiger partial charge in [0.2, 0.25) is 0 Å². The number of esters is 1. The zero-order chi connectivity index (χ0) is 25.6. The van der Waals surface area contributed by atoms with Crippen LogP contribution in [0.4, 0.5) is 11.5 Å². The molecule has 188 valence electrons. The lowest BCUT2D eigenvalue weighted by atomic mass is 10.0. The average molecular weight is 495 g/mol. The number of piperidine rings is 1. The second kappa shape index (κ2) is 11.2. The molecule has 1 amide bonds. The SMILES string of the molecule is CCCOC(=O)c1ccc(-c2nnc(Nc3ccc(C(=O)N4CCCCC4)cc3)c3ccccc23)cc1. The Morgan fingerprint density at radius 3 is 2.22 bits per heavy atom. The summed E-state index contributed by atoms with van der Waals surface area (Å²) in [6.45, 7) is 4.03. The standard InChI is InChI=1S/C30H30N4O3/c1-2-20-37-30(36)23-12-10-21(11-13-23)27-25-8-4-5-9-26(25)28(33-32-27)31-24-16-14-22(15-17-24)29(35)34-18-6-3-7-19-34/h4-5,8-17H,2-3,6-7,18-20H2,1H3,(H,31,33). The number of carbonyl (C=O) groups excluding carboxylic acids is 2. The van der Waals surface area contributed by atoms with Crippen molar-refractivity contribution < 1.29 is 14.3 Å².